The Morgan fingerprint density at radius 2 is 1.17 bits per heavy atom. The summed E-state index contributed by atoms with van der Waals surface area (Å²) in [5, 5.41) is 5.99. The summed E-state index contributed by atoms with van der Waals surface area (Å²) >= 11 is 0. The fourth-order valence-corrected chi connectivity index (χ4v) is 3.97. The highest BCUT2D eigenvalue weighted by molar-refractivity contribution is 5.91. The molecule has 0 radical (unpaired) electrons. The van der Waals surface area contributed by atoms with E-state index in [-0.39, 0.29) is 62.0 Å². The Labute approximate surface area is 242 Å². The van der Waals surface area contributed by atoms with Gasteiger partial charge in [0.1, 0.15) is 6.54 Å². The second kappa shape index (κ2) is 19.2. The van der Waals surface area contributed by atoms with Gasteiger partial charge in [-0.05, 0) is 49.7 Å². The van der Waals surface area contributed by atoms with Gasteiger partial charge in [0.15, 0.2) is 0 Å². The van der Waals surface area contributed by atoms with E-state index < -0.39 is 0 Å². The molecule has 0 saturated heterocycles. The summed E-state index contributed by atoms with van der Waals surface area (Å²) in [6.07, 6.45) is 4.91. The summed E-state index contributed by atoms with van der Waals surface area (Å²) in [7, 11) is 8.43. The van der Waals surface area contributed by atoms with Crippen molar-refractivity contribution < 1.29 is 17.0 Å². The molecule has 0 saturated carbocycles. The number of nitrogens with two attached hydrogens (primary N) is 1. The van der Waals surface area contributed by atoms with Gasteiger partial charge in [0.2, 0.25) is 11.0 Å². The van der Waals surface area contributed by atoms with Crippen molar-refractivity contribution in [3.05, 3.63) is 42.5 Å². The van der Waals surface area contributed by atoms with Crippen LogP contribution in [-0.4, -0.2) is 47.8 Å². The van der Waals surface area contributed by atoms with Crippen LogP contribution < -0.4 is 37.8 Å². The highest BCUT2D eigenvalue weighted by Crippen LogP contribution is 2.25. The van der Waals surface area contributed by atoms with Gasteiger partial charge in [-0.15, -0.1) is 49.6 Å². The molecule has 0 atom stereocenters. The maximum absolute atomic E-state index is 5.53. The molecule has 3 rings (SSSR count). The zero-order valence-corrected chi connectivity index (χ0v) is 25.2. The summed E-state index contributed by atoms with van der Waals surface area (Å²) in [5.74, 6) is 0. The van der Waals surface area contributed by atoms with Crippen molar-refractivity contribution in [2.45, 2.75) is 32.2 Å². The molecular weight excluding hydrogens is 548 g/mol. The molecular formula is C25H42Cl5N5. The lowest BCUT2D eigenvalue weighted by atomic mass is 10.1. The van der Waals surface area contributed by atoms with Crippen molar-refractivity contribution in [3.8, 4) is 0 Å². The normalized spacial score (nSPS) is 9.74. The minimum atomic E-state index is 0. The van der Waals surface area contributed by atoms with Gasteiger partial charge < -0.3 is 33.3 Å². The summed E-state index contributed by atoms with van der Waals surface area (Å²) in [6.45, 7) is 3.74. The second-order valence-electron chi connectivity index (χ2n) is 8.52. The Morgan fingerprint density at radius 3 is 1.63 bits per heavy atom. The van der Waals surface area contributed by atoms with Gasteiger partial charge in [0.25, 0.3) is 0 Å². The predicted molar refractivity (Wildman–Crippen MR) is 160 cm³/mol. The first-order chi connectivity index (χ1) is 14.5. The molecule has 0 bridgehead atoms. The third-order valence-electron chi connectivity index (χ3n) is 5.76. The van der Waals surface area contributed by atoms with E-state index in [1.54, 1.807) is 0 Å². The summed E-state index contributed by atoms with van der Waals surface area (Å²) in [5.41, 5.74) is 10.6. The number of hydrogen-bond acceptors (Lipinski definition) is 4. The van der Waals surface area contributed by atoms with E-state index in [4.69, 9.17) is 5.73 Å². The molecule has 35 heavy (non-hydrogen) atoms. The van der Waals surface area contributed by atoms with Crippen molar-refractivity contribution >= 4 is 82.8 Å². The number of nitrogens with one attached hydrogen (secondary N) is 1. The SMILES string of the molecule is CN(C)c1ccc2cc3ccc(N(C)C)cc3[n+](CCCCCCNCCN)c2c1.Cl.Cl.Cl.Cl.[Cl-]. The predicted octanol–water partition coefficient (Wildman–Crippen LogP) is 2.21. The molecule has 202 valence electrons. The number of aromatic nitrogens is 1. The molecule has 0 aliphatic carbocycles. The number of nitrogens with zero attached hydrogens (tertiary/aromatic N) is 3. The fourth-order valence-electron chi connectivity index (χ4n) is 3.97. The third kappa shape index (κ3) is 10.5. The Balaban J connectivity index is -0.00000205. The standard InChI is InChI=1S/C25H38N5.5ClH/c1-28(2)22-11-9-20-17-21-10-12-23(29(3)4)19-25(21)30(24(20)18-22)16-8-6-5-7-14-27-15-13-26;;;;;/h9-12,17-19,27H,5-8,13-16,26H2,1-4H3;5*1H/q+1;;;;;/p-1. The summed E-state index contributed by atoms with van der Waals surface area (Å²) in [4.78, 5) is 4.36. The molecule has 0 aliphatic heterocycles. The van der Waals surface area contributed by atoms with Crippen molar-refractivity contribution in [2.75, 3.05) is 57.6 Å². The number of pyridine rings is 1. The Morgan fingerprint density at radius 1 is 0.686 bits per heavy atom. The van der Waals surface area contributed by atoms with Crippen molar-refractivity contribution in [1.82, 2.24) is 5.32 Å². The van der Waals surface area contributed by atoms with Crippen LogP contribution in [0.1, 0.15) is 25.7 Å². The lowest BCUT2D eigenvalue weighted by molar-refractivity contribution is -0.645. The Bertz CT molecular complexity index is 919. The number of anilines is 2. The average molecular weight is 590 g/mol. The number of hydrogen-bond donors (Lipinski definition) is 2. The molecule has 0 unspecified atom stereocenters. The van der Waals surface area contributed by atoms with E-state index in [0.29, 0.717) is 6.54 Å². The van der Waals surface area contributed by atoms with E-state index in [0.717, 1.165) is 19.6 Å². The van der Waals surface area contributed by atoms with Crippen LogP contribution in [0.4, 0.5) is 11.4 Å². The van der Waals surface area contributed by atoms with Crippen molar-refractivity contribution in [3.63, 3.8) is 0 Å². The van der Waals surface area contributed by atoms with Gasteiger partial charge in [-0.3, -0.25) is 0 Å². The van der Waals surface area contributed by atoms with Crippen LogP contribution in [0.3, 0.4) is 0 Å². The minimum Gasteiger partial charge on any atom is -1.00 e. The molecule has 1 heterocycles. The average Bonchev–Trinajstić information content (AvgIpc) is 2.74. The van der Waals surface area contributed by atoms with Crippen LogP contribution in [-0.2, 0) is 6.54 Å². The molecule has 0 fully saturated rings. The zero-order chi connectivity index (χ0) is 21.5. The lowest BCUT2D eigenvalue weighted by Gasteiger charge is -2.15. The van der Waals surface area contributed by atoms with Gasteiger partial charge in [-0.1, -0.05) is 6.42 Å². The van der Waals surface area contributed by atoms with Crippen LogP contribution in [0.2, 0.25) is 0 Å². The molecule has 3 N–H and O–H groups in total. The van der Waals surface area contributed by atoms with E-state index in [1.165, 1.54) is 58.9 Å². The van der Waals surface area contributed by atoms with E-state index in [9.17, 15) is 0 Å². The molecule has 0 amide bonds. The number of unbranched alkanes of at least 4 members (excludes halogenated alkanes) is 3. The van der Waals surface area contributed by atoms with Crippen LogP contribution >= 0.6 is 49.6 Å². The molecule has 10 heteroatoms. The number of fused-ring (bicyclic) bond motifs is 2. The van der Waals surface area contributed by atoms with E-state index in [2.05, 4.69) is 90.3 Å². The first-order valence-corrected chi connectivity index (χ1v) is 11.2. The summed E-state index contributed by atoms with van der Waals surface area (Å²) < 4.78 is 2.53. The maximum Gasteiger partial charge on any atom is 0.215 e. The molecule has 3 aromatic rings. The van der Waals surface area contributed by atoms with Gasteiger partial charge in [-0.25, -0.2) is 0 Å². The van der Waals surface area contributed by atoms with Crippen molar-refractivity contribution in [1.29, 1.82) is 0 Å². The van der Waals surface area contributed by atoms with Gasteiger partial charge in [-0.2, -0.15) is 4.57 Å². The van der Waals surface area contributed by atoms with Crippen LogP contribution in [0.15, 0.2) is 42.5 Å². The number of benzene rings is 2. The molecule has 5 nitrogen and oxygen atoms in total. The van der Waals surface area contributed by atoms with Crippen LogP contribution in [0, 0.1) is 0 Å². The largest absolute Gasteiger partial charge is 1.00 e. The second-order valence-corrected chi connectivity index (χ2v) is 8.52. The first-order valence-electron chi connectivity index (χ1n) is 11.2. The highest BCUT2D eigenvalue weighted by atomic mass is 35.5. The topological polar surface area (TPSA) is 48.4 Å². The molecule has 1 aromatic heterocycles. The monoisotopic (exact) mass is 587 g/mol. The number of aryl methyl sites for hydroxylation is 1. The zero-order valence-electron chi connectivity index (χ0n) is 21.1. The fraction of sp³-hybridized carbons (Fsp3) is 0.480. The third-order valence-corrected chi connectivity index (χ3v) is 5.76. The number of halogens is 5. The first kappa shape index (κ1) is 38.6. The van der Waals surface area contributed by atoms with Gasteiger partial charge >= 0.3 is 0 Å². The van der Waals surface area contributed by atoms with Crippen LogP contribution in [0.25, 0.3) is 21.8 Å². The van der Waals surface area contributed by atoms with Crippen molar-refractivity contribution in [2.24, 2.45) is 5.73 Å². The molecule has 2 aromatic carbocycles. The van der Waals surface area contributed by atoms with E-state index >= 15 is 0 Å². The summed E-state index contributed by atoms with van der Waals surface area (Å²) in [6, 6.07) is 15.9. The Kier molecular flexibility index (Phi) is 21.2. The lowest BCUT2D eigenvalue weighted by Crippen LogP contribution is -3.00. The van der Waals surface area contributed by atoms with Gasteiger partial charge in [0.05, 0.1) is 0 Å². The van der Waals surface area contributed by atoms with E-state index in [1.807, 2.05) is 0 Å². The smallest absolute Gasteiger partial charge is 0.215 e. The van der Waals surface area contributed by atoms with Gasteiger partial charge in [0, 0.05) is 82.0 Å². The van der Waals surface area contributed by atoms with Crippen LogP contribution in [0.5, 0.6) is 0 Å². The Hall–Kier alpha value is -0.920. The number of rotatable bonds is 11. The minimum absolute atomic E-state index is 0. The highest BCUT2D eigenvalue weighted by Gasteiger charge is 2.17. The molecule has 0 aliphatic rings. The molecule has 0 spiro atoms. The quantitative estimate of drug-likeness (QED) is 0.205. The maximum atomic E-state index is 5.53.